The quantitative estimate of drug-likeness (QED) is 0.834. The summed E-state index contributed by atoms with van der Waals surface area (Å²) in [6.07, 6.45) is -0.249. The van der Waals surface area contributed by atoms with Crippen LogP contribution in [0.3, 0.4) is 0 Å². The fraction of sp³-hybridized carbons (Fsp3) is 0.273. The first kappa shape index (κ1) is 11.5. The van der Waals surface area contributed by atoms with Gasteiger partial charge in [-0.2, -0.15) is 4.68 Å². The third kappa shape index (κ3) is 2.19. The van der Waals surface area contributed by atoms with Crippen molar-refractivity contribution < 1.29 is 19.4 Å². The SMILES string of the molecule is O=C(O)Cc1nnnn1-c1ccc2c(c1)OCCO2. The van der Waals surface area contributed by atoms with Gasteiger partial charge in [0.25, 0.3) is 0 Å². The lowest BCUT2D eigenvalue weighted by Crippen LogP contribution is -2.16. The Kier molecular flexibility index (Phi) is 2.75. The van der Waals surface area contributed by atoms with Gasteiger partial charge in [0.1, 0.15) is 19.6 Å². The van der Waals surface area contributed by atoms with E-state index in [4.69, 9.17) is 14.6 Å². The molecule has 2 heterocycles. The highest BCUT2D eigenvalue weighted by Crippen LogP contribution is 2.31. The maximum Gasteiger partial charge on any atom is 0.311 e. The van der Waals surface area contributed by atoms with E-state index in [-0.39, 0.29) is 12.2 Å². The summed E-state index contributed by atoms with van der Waals surface area (Å²) in [5.74, 6) is 0.515. The molecule has 0 aliphatic carbocycles. The van der Waals surface area contributed by atoms with Crippen molar-refractivity contribution in [3.05, 3.63) is 24.0 Å². The molecular formula is C11H10N4O4. The van der Waals surface area contributed by atoms with Gasteiger partial charge in [0, 0.05) is 6.07 Å². The van der Waals surface area contributed by atoms with E-state index in [0.717, 1.165) is 0 Å². The van der Waals surface area contributed by atoms with Gasteiger partial charge in [-0.1, -0.05) is 0 Å². The van der Waals surface area contributed by atoms with E-state index in [1.807, 2.05) is 0 Å². The van der Waals surface area contributed by atoms with Crippen LogP contribution in [0.5, 0.6) is 11.5 Å². The average molecular weight is 262 g/mol. The number of aliphatic carboxylic acids is 1. The van der Waals surface area contributed by atoms with Crippen molar-refractivity contribution in [1.29, 1.82) is 0 Å². The van der Waals surface area contributed by atoms with Crippen LogP contribution >= 0.6 is 0 Å². The van der Waals surface area contributed by atoms with Crippen LogP contribution in [0.15, 0.2) is 18.2 Å². The number of benzene rings is 1. The number of carboxylic acid groups (broad SMARTS) is 1. The molecule has 2 aromatic rings. The van der Waals surface area contributed by atoms with Crippen LogP contribution in [0.4, 0.5) is 0 Å². The molecule has 1 aliphatic rings. The molecule has 0 spiro atoms. The Balaban J connectivity index is 1.98. The number of fused-ring (bicyclic) bond motifs is 1. The highest BCUT2D eigenvalue weighted by atomic mass is 16.6. The van der Waals surface area contributed by atoms with E-state index in [2.05, 4.69) is 15.5 Å². The number of aromatic nitrogens is 4. The minimum absolute atomic E-state index is 0.249. The van der Waals surface area contributed by atoms with E-state index < -0.39 is 5.97 Å². The van der Waals surface area contributed by atoms with E-state index in [9.17, 15) is 4.79 Å². The summed E-state index contributed by atoms with van der Waals surface area (Å²) in [7, 11) is 0. The van der Waals surface area contributed by atoms with Crippen LogP contribution in [0.1, 0.15) is 5.82 Å². The van der Waals surface area contributed by atoms with E-state index in [0.29, 0.717) is 30.4 Å². The molecule has 3 rings (SSSR count). The van der Waals surface area contributed by atoms with Crippen molar-refractivity contribution in [2.75, 3.05) is 13.2 Å². The molecule has 1 aromatic carbocycles. The summed E-state index contributed by atoms with van der Waals surface area (Å²) >= 11 is 0. The molecule has 19 heavy (non-hydrogen) atoms. The molecule has 0 bridgehead atoms. The Hall–Kier alpha value is -2.64. The van der Waals surface area contributed by atoms with Crippen LogP contribution in [0.25, 0.3) is 5.69 Å². The number of nitrogens with zero attached hydrogens (tertiary/aromatic N) is 4. The van der Waals surface area contributed by atoms with E-state index >= 15 is 0 Å². The third-order valence-corrected chi connectivity index (χ3v) is 2.61. The number of rotatable bonds is 3. The molecular weight excluding hydrogens is 252 g/mol. The number of carbonyl (C=O) groups is 1. The molecule has 1 aromatic heterocycles. The fourth-order valence-electron chi connectivity index (χ4n) is 1.82. The van der Waals surface area contributed by atoms with Gasteiger partial charge < -0.3 is 14.6 Å². The second-order valence-electron chi connectivity index (χ2n) is 3.91. The molecule has 8 nitrogen and oxygen atoms in total. The number of ether oxygens (including phenoxy) is 2. The first-order valence-electron chi connectivity index (χ1n) is 5.63. The second kappa shape index (κ2) is 4.56. The molecule has 0 radical (unpaired) electrons. The van der Waals surface area contributed by atoms with Gasteiger partial charge in [-0.15, -0.1) is 5.10 Å². The van der Waals surface area contributed by atoms with E-state index in [1.165, 1.54) is 4.68 Å². The Morgan fingerprint density at radius 2 is 2.11 bits per heavy atom. The predicted octanol–water partition coefficient (Wildman–Crippen LogP) is 0.0606. The van der Waals surface area contributed by atoms with Crippen molar-refractivity contribution in [2.24, 2.45) is 0 Å². The second-order valence-corrected chi connectivity index (χ2v) is 3.91. The summed E-state index contributed by atoms with van der Waals surface area (Å²) < 4.78 is 12.2. The smallest absolute Gasteiger partial charge is 0.311 e. The van der Waals surface area contributed by atoms with Crippen molar-refractivity contribution in [3.8, 4) is 17.2 Å². The predicted molar refractivity (Wildman–Crippen MR) is 61.5 cm³/mol. The molecule has 1 aliphatic heterocycles. The van der Waals surface area contributed by atoms with Gasteiger partial charge >= 0.3 is 5.97 Å². The van der Waals surface area contributed by atoms with Gasteiger partial charge in [0.2, 0.25) is 0 Å². The monoisotopic (exact) mass is 262 g/mol. The first-order chi connectivity index (χ1) is 9.24. The van der Waals surface area contributed by atoms with Crippen LogP contribution in [-0.4, -0.2) is 44.5 Å². The topological polar surface area (TPSA) is 99.4 Å². The van der Waals surface area contributed by atoms with Gasteiger partial charge in [-0.25, -0.2) is 0 Å². The lowest BCUT2D eigenvalue weighted by Gasteiger charge is -2.18. The number of tetrazole rings is 1. The number of carboxylic acids is 1. The molecule has 0 amide bonds. The lowest BCUT2D eigenvalue weighted by atomic mass is 10.2. The molecule has 0 atom stereocenters. The fourth-order valence-corrected chi connectivity index (χ4v) is 1.82. The summed E-state index contributed by atoms with van der Waals surface area (Å²) in [4.78, 5) is 10.7. The normalized spacial score (nSPS) is 13.3. The van der Waals surface area contributed by atoms with Gasteiger partial charge in [0.15, 0.2) is 17.3 Å². The number of hydrogen-bond acceptors (Lipinski definition) is 6. The largest absolute Gasteiger partial charge is 0.486 e. The lowest BCUT2D eigenvalue weighted by molar-refractivity contribution is -0.136. The summed E-state index contributed by atoms with van der Waals surface area (Å²) in [5, 5.41) is 19.8. The highest BCUT2D eigenvalue weighted by molar-refractivity contribution is 5.69. The Bertz CT molecular complexity index is 625. The zero-order valence-electron chi connectivity index (χ0n) is 9.81. The summed E-state index contributed by atoms with van der Waals surface area (Å²) in [6, 6.07) is 5.21. The standard InChI is InChI=1S/C11H10N4O4/c16-11(17)6-10-12-13-14-15(10)7-1-2-8-9(5-7)19-4-3-18-8/h1-2,5H,3-4,6H2,(H,16,17). The minimum atomic E-state index is -0.992. The molecule has 8 heteroatoms. The summed E-state index contributed by atoms with van der Waals surface area (Å²) in [5.41, 5.74) is 0.630. The molecule has 98 valence electrons. The Labute approximate surface area is 107 Å². The van der Waals surface area contributed by atoms with Crippen molar-refractivity contribution in [2.45, 2.75) is 6.42 Å². The highest BCUT2D eigenvalue weighted by Gasteiger charge is 2.16. The van der Waals surface area contributed by atoms with Gasteiger partial charge in [-0.3, -0.25) is 4.79 Å². The maximum atomic E-state index is 10.7. The van der Waals surface area contributed by atoms with Crippen LogP contribution in [0.2, 0.25) is 0 Å². The zero-order chi connectivity index (χ0) is 13.2. The van der Waals surface area contributed by atoms with Gasteiger partial charge in [0.05, 0.1) is 5.69 Å². The van der Waals surface area contributed by atoms with Crippen molar-refractivity contribution in [1.82, 2.24) is 20.2 Å². The van der Waals surface area contributed by atoms with Gasteiger partial charge in [-0.05, 0) is 22.6 Å². The van der Waals surface area contributed by atoms with Crippen LogP contribution < -0.4 is 9.47 Å². The minimum Gasteiger partial charge on any atom is -0.486 e. The molecule has 0 unspecified atom stereocenters. The number of hydrogen-bond donors (Lipinski definition) is 1. The molecule has 0 fully saturated rings. The van der Waals surface area contributed by atoms with Crippen LogP contribution in [-0.2, 0) is 11.2 Å². The first-order valence-corrected chi connectivity index (χ1v) is 5.63. The summed E-state index contributed by atoms with van der Waals surface area (Å²) in [6.45, 7) is 0.996. The average Bonchev–Trinajstić information content (AvgIpc) is 2.85. The Morgan fingerprint density at radius 1 is 1.32 bits per heavy atom. The molecule has 0 saturated carbocycles. The molecule has 1 N–H and O–H groups in total. The Morgan fingerprint density at radius 3 is 2.89 bits per heavy atom. The molecule has 0 saturated heterocycles. The zero-order valence-corrected chi connectivity index (χ0v) is 9.81. The van der Waals surface area contributed by atoms with Crippen molar-refractivity contribution in [3.63, 3.8) is 0 Å². The maximum absolute atomic E-state index is 10.7. The van der Waals surface area contributed by atoms with E-state index in [1.54, 1.807) is 18.2 Å². The van der Waals surface area contributed by atoms with Crippen LogP contribution in [0, 0.1) is 0 Å². The van der Waals surface area contributed by atoms with Crippen molar-refractivity contribution >= 4 is 5.97 Å². The third-order valence-electron chi connectivity index (χ3n) is 2.61.